The number of aromatic nitrogens is 2. The first-order chi connectivity index (χ1) is 9.70. The lowest BCUT2D eigenvalue weighted by Gasteiger charge is -2.06. The van der Waals surface area contributed by atoms with E-state index in [0.29, 0.717) is 0 Å². The molecule has 0 amide bonds. The Labute approximate surface area is 126 Å². The minimum absolute atomic E-state index is 0.764. The predicted octanol–water partition coefficient (Wildman–Crippen LogP) is 4.91. The van der Waals surface area contributed by atoms with Gasteiger partial charge in [0.1, 0.15) is 11.6 Å². The van der Waals surface area contributed by atoms with Crippen LogP contribution in [0.25, 0.3) is 10.6 Å². The number of rotatable bonds is 3. The zero-order valence-corrected chi connectivity index (χ0v) is 12.4. The van der Waals surface area contributed by atoms with E-state index in [1.165, 1.54) is 11.3 Å². The summed E-state index contributed by atoms with van der Waals surface area (Å²) in [5.41, 5.74) is 2.06. The molecule has 0 saturated carbocycles. The topological polar surface area (TPSA) is 37.8 Å². The summed E-state index contributed by atoms with van der Waals surface area (Å²) in [5, 5.41) is 3.21. The first kappa shape index (κ1) is 13.1. The van der Waals surface area contributed by atoms with Gasteiger partial charge in [0.05, 0.1) is 14.9 Å². The van der Waals surface area contributed by atoms with Gasteiger partial charge in [-0.25, -0.2) is 9.97 Å². The van der Waals surface area contributed by atoms with Crippen LogP contribution in [0.4, 0.5) is 11.6 Å². The first-order valence-electron chi connectivity index (χ1n) is 6.13. The fraction of sp³-hybridized carbons (Fsp3) is 0.0667. The maximum atomic E-state index is 5.96. The van der Waals surface area contributed by atoms with Gasteiger partial charge in [-0.05, 0) is 48.9 Å². The van der Waals surface area contributed by atoms with Gasteiger partial charge in [-0.3, -0.25) is 0 Å². The largest absolute Gasteiger partial charge is 0.325 e. The minimum Gasteiger partial charge on any atom is -0.325 e. The summed E-state index contributed by atoms with van der Waals surface area (Å²) in [4.78, 5) is 9.91. The Balaban J connectivity index is 1.88. The van der Waals surface area contributed by atoms with Crippen molar-refractivity contribution in [2.24, 2.45) is 0 Å². The highest BCUT2D eigenvalue weighted by atomic mass is 35.5. The Kier molecular flexibility index (Phi) is 3.67. The van der Waals surface area contributed by atoms with E-state index in [9.17, 15) is 0 Å². The quantitative estimate of drug-likeness (QED) is 0.747. The van der Waals surface area contributed by atoms with E-state index in [-0.39, 0.29) is 0 Å². The van der Waals surface area contributed by atoms with Crippen molar-refractivity contribution in [3.05, 3.63) is 58.6 Å². The van der Waals surface area contributed by atoms with Crippen molar-refractivity contribution >= 4 is 34.6 Å². The number of nitrogens with zero attached hydrogens (tertiary/aromatic N) is 2. The van der Waals surface area contributed by atoms with Crippen LogP contribution in [0.1, 0.15) is 5.56 Å². The van der Waals surface area contributed by atoms with Crippen LogP contribution in [0.15, 0.2) is 48.7 Å². The molecule has 3 heterocycles. The summed E-state index contributed by atoms with van der Waals surface area (Å²) in [7, 11) is 0. The fourth-order valence-electron chi connectivity index (χ4n) is 1.83. The molecular weight excluding hydrogens is 290 g/mol. The molecule has 5 heteroatoms. The van der Waals surface area contributed by atoms with Crippen molar-refractivity contribution in [3.8, 4) is 10.6 Å². The molecule has 0 aliphatic rings. The SMILES string of the molecule is Cc1ccnc(Nc2cccc(-c3ccc(Cl)s3)n2)c1. The lowest BCUT2D eigenvalue weighted by molar-refractivity contribution is 1.24. The predicted molar refractivity (Wildman–Crippen MR) is 84.8 cm³/mol. The van der Waals surface area contributed by atoms with E-state index >= 15 is 0 Å². The molecule has 3 aromatic rings. The van der Waals surface area contributed by atoms with Gasteiger partial charge in [0.15, 0.2) is 0 Å². The molecule has 0 aliphatic carbocycles. The van der Waals surface area contributed by atoms with Crippen molar-refractivity contribution in [3.63, 3.8) is 0 Å². The van der Waals surface area contributed by atoms with E-state index in [2.05, 4.69) is 15.3 Å². The monoisotopic (exact) mass is 301 g/mol. The molecule has 0 atom stereocenters. The second-order valence-corrected chi connectivity index (χ2v) is 6.07. The van der Waals surface area contributed by atoms with E-state index in [1.807, 2.05) is 49.4 Å². The molecule has 0 spiro atoms. The Morgan fingerprint density at radius 3 is 2.75 bits per heavy atom. The molecule has 20 heavy (non-hydrogen) atoms. The highest BCUT2D eigenvalue weighted by molar-refractivity contribution is 7.19. The maximum absolute atomic E-state index is 5.96. The molecule has 100 valence electrons. The van der Waals surface area contributed by atoms with Crippen LogP contribution in [0, 0.1) is 6.92 Å². The van der Waals surface area contributed by atoms with Crippen molar-refractivity contribution < 1.29 is 0 Å². The van der Waals surface area contributed by atoms with Crippen LogP contribution >= 0.6 is 22.9 Å². The number of hydrogen-bond donors (Lipinski definition) is 1. The van der Waals surface area contributed by atoms with E-state index in [4.69, 9.17) is 11.6 Å². The zero-order valence-electron chi connectivity index (χ0n) is 10.8. The normalized spacial score (nSPS) is 10.5. The Morgan fingerprint density at radius 1 is 1.10 bits per heavy atom. The van der Waals surface area contributed by atoms with Crippen LogP contribution < -0.4 is 5.32 Å². The first-order valence-corrected chi connectivity index (χ1v) is 7.32. The summed E-state index contributed by atoms with van der Waals surface area (Å²) >= 11 is 7.48. The van der Waals surface area contributed by atoms with Crippen LogP contribution in [0.2, 0.25) is 4.34 Å². The average Bonchev–Trinajstić information content (AvgIpc) is 2.86. The fourth-order valence-corrected chi connectivity index (χ4v) is 2.84. The highest BCUT2D eigenvalue weighted by Gasteiger charge is 2.05. The second-order valence-electron chi connectivity index (χ2n) is 4.36. The van der Waals surface area contributed by atoms with E-state index in [1.54, 1.807) is 6.20 Å². The number of halogens is 1. The van der Waals surface area contributed by atoms with Crippen LogP contribution in [-0.2, 0) is 0 Å². The molecule has 0 fully saturated rings. The van der Waals surface area contributed by atoms with Gasteiger partial charge in [0.25, 0.3) is 0 Å². The molecule has 0 unspecified atom stereocenters. The van der Waals surface area contributed by atoms with Crippen molar-refractivity contribution in [1.29, 1.82) is 0 Å². The lowest BCUT2D eigenvalue weighted by Crippen LogP contribution is -1.96. The van der Waals surface area contributed by atoms with Gasteiger partial charge in [-0.1, -0.05) is 17.7 Å². The Morgan fingerprint density at radius 2 is 2.00 bits per heavy atom. The van der Waals surface area contributed by atoms with Crippen LogP contribution in [0.3, 0.4) is 0 Å². The lowest BCUT2D eigenvalue weighted by atomic mass is 10.3. The van der Waals surface area contributed by atoms with Gasteiger partial charge >= 0.3 is 0 Å². The minimum atomic E-state index is 0.764. The molecule has 0 aromatic carbocycles. The Bertz CT molecular complexity index is 739. The summed E-state index contributed by atoms with van der Waals surface area (Å²) in [6.45, 7) is 2.03. The third kappa shape index (κ3) is 2.98. The number of aryl methyl sites for hydroxylation is 1. The average molecular weight is 302 g/mol. The molecule has 3 nitrogen and oxygen atoms in total. The molecular formula is C15H12ClN3S. The Hall–Kier alpha value is -1.91. The number of anilines is 2. The van der Waals surface area contributed by atoms with E-state index in [0.717, 1.165) is 32.1 Å². The smallest absolute Gasteiger partial charge is 0.132 e. The number of nitrogens with one attached hydrogen (secondary N) is 1. The number of hydrogen-bond acceptors (Lipinski definition) is 4. The van der Waals surface area contributed by atoms with E-state index < -0.39 is 0 Å². The molecule has 0 radical (unpaired) electrons. The third-order valence-corrected chi connectivity index (χ3v) is 4.00. The number of thiophene rings is 1. The van der Waals surface area contributed by atoms with Crippen LogP contribution in [-0.4, -0.2) is 9.97 Å². The summed E-state index contributed by atoms with van der Waals surface area (Å²) in [6.07, 6.45) is 1.78. The summed E-state index contributed by atoms with van der Waals surface area (Å²) < 4.78 is 0.764. The molecule has 0 saturated heterocycles. The molecule has 1 N–H and O–H groups in total. The van der Waals surface area contributed by atoms with Crippen LogP contribution in [0.5, 0.6) is 0 Å². The van der Waals surface area contributed by atoms with Gasteiger partial charge in [-0.15, -0.1) is 11.3 Å². The molecule has 0 aliphatic heterocycles. The van der Waals surface area contributed by atoms with Crippen molar-refractivity contribution in [1.82, 2.24) is 9.97 Å². The maximum Gasteiger partial charge on any atom is 0.132 e. The summed E-state index contributed by atoms with van der Waals surface area (Å²) in [6, 6.07) is 13.7. The standard InChI is InChI=1S/C15H12ClN3S/c1-10-7-8-17-15(9-10)19-14-4-2-3-11(18-14)12-5-6-13(16)20-12/h2-9H,1H3,(H,17,18,19). The van der Waals surface area contributed by atoms with Gasteiger partial charge < -0.3 is 5.32 Å². The van der Waals surface area contributed by atoms with Crippen molar-refractivity contribution in [2.75, 3.05) is 5.32 Å². The number of pyridine rings is 2. The third-order valence-electron chi connectivity index (χ3n) is 2.75. The second kappa shape index (κ2) is 5.61. The zero-order chi connectivity index (χ0) is 13.9. The highest BCUT2D eigenvalue weighted by Crippen LogP contribution is 2.30. The van der Waals surface area contributed by atoms with Gasteiger partial charge in [0, 0.05) is 6.20 Å². The molecule has 3 rings (SSSR count). The molecule has 3 aromatic heterocycles. The van der Waals surface area contributed by atoms with Crippen molar-refractivity contribution in [2.45, 2.75) is 6.92 Å². The van der Waals surface area contributed by atoms with Gasteiger partial charge in [0.2, 0.25) is 0 Å². The van der Waals surface area contributed by atoms with Gasteiger partial charge in [-0.2, -0.15) is 0 Å². The summed E-state index contributed by atoms with van der Waals surface area (Å²) in [5.74, 6) is 1.56. The molecule has 0 bridgehead atoms.